The quantitative estimate of drug-likeness (QED) is 0.596. The van der Waals surface area contributed by atoms with E-state index in [9.17, 15) is 9.59 Å². The molecule has 1 fully saturated rings. The van der Waals surface area contributed by atoms with E-state index in [2.05, 4.69) is 19.1 Å². The summed E-state index contributed by atoms with van der Waals surface area (Å²) in [7, 11) is 0. The summed E-state index contributed by atoms with van der Waals surface area (Å²) in [5.74, 6) is 1.87. The number of hydrogen-bond donors (Lipinski definition) is 0. The summed E-state index contributed by atoms with van der Waals surface area (Å²) in [6.07, 6.45) is 3.96. The highest BCUT2D eigenvalue weighted by Gasteiger charge is 2.44. The molecule has 0 aromatic heterocycles. The van der Waals surface area contributed by atoms with Crippen LogP contribution in [0.2, 0.25) is 0 Å². The minimum Gasteiger partial charge on any atom is -0.494 e. The molecule has 2 aliphatic rings. The highest BCUT2D eigenvalue weighted by Crippen LogP contribution is 2.41. The number of nitrogens with zero attached hydrogens (tertiary/aromatic N) is 1. The molecule has 2 aromatic rings. The second kappa shape index (κ2) is 9.35. The molecule has 170 valence electrons. The average molecular weight is 436 g/mol. The first-order valence-electron chi connectivity index (χ1n) is 11.7. The highest BCUT2D eigenvalue weighted by atomic mass is 16.5. The fourth-order valence-electron chi connectivity index (χ4n) is 4.85. The largest absolute Gasteiger partial charge is 0.494 e. The first-order chi connectivity index (χ1) is 15.4. The van der Waals surface area contributed by atoms with E-state index in [1.807, 2.05) is 43.0 Å². The van der Waals surface area contributed by atoms with E-state index in [4.69, 9.17) is 9.47 Å². The molecule has 1 saturated heterocycles. The lowest BCUT2D eigenvalue weighted by Crippen LogP contribution is -2.52. The summed E-state index contributed by atoms with van der Waals surface area (Å²) < 4.78 is 12.2. The van der Waals surface area contributed by atoms with Crippen LogP contribution in [-0.4, -0.2) is 41.9 Å². The minimum atomic E-state index is -0.477. The van der Waals surface area contributed by atoms with Crippen LogP contribution in [0.15, 0.2) is 36.4 Å². The van der Waals surface area contributed by atoms with Gasteiger partial charge in [-0.1, -0.05) is 25.1 Å². The Morgan fingerprint density at radius 2 is 1.84 bits per heavy atom. The molecule has 0 atom stereocenters. The van der Waals surface area contributed by atoms with E-state index in [1.165, 1.54) is 5.56 Å². The molecule has 1 amide bonds. The number of ether oxygens (including phenoxy) is 2. The van der Waals surface area contributed by atoms with Gasteiger partial charge in [-0.05, 0) is 61.6 Å². The molecule has 2 aromatic carbocycles. The molecule has 1 spiro atoms. The Labute approximate surface area is 190 Å². The van der Waals surface area contributed by atoms with Crippen molar-refractivity contribution in [2.75, 3.05) is 19.7 Å². The summed E-state index contributed by atoms with van der Waals surface area (Å²) >= 11 is 0. The maximum atomic E-state index is 12.9. The Hall–Kier alpha value is -2.82. The van der Waals surface area contributed by atoms with Crippen molar-refractivity contribution >= 4 is 11.7 Å². The number of hydrogen-bond acceptors (Lipinski definition) is 4. The number of likely N-dealkylation sites (tertiary alicyclic amines) is 1. The predicted octanol–water partition coefficient (Wildman–Crippen LogP) is 5.05. The van der Waals surface area contributed by atoms with Crippen LogP contribution in [0, 0.1) is 13.8 Å². The number of carbonyl (C=O) groups excluding carboxylic acids is 2. The Bertz CT molecular complexity index is 987. The Morgan fingerprint density at radius 1 is 1.12 bits per heavy atom. The van der Waals surface area contributed by atoms with E-state index in [0.717, 1.165) is 28.9 Å². The lowest BCUT2D eigenvalue weighted by Gasteiger charge is -2.44. The molecule has 2 heterocycles. The first kappa shape index (κ1) is 22.4. The standard InChI is InChI=1S/C27H33NO4/c1-4-21-7-9-22(10-8-21)31-15-5-6-25(30)28-13-11-27(12-14-28)18-23(29)26-20(3)16-19(2)17-24(26)32-27/h7-10,16-17H,4-6,11-15,18H2,1-3H3. The molecule has 5 nitrogen and oxygen atoms in total. The fraction of sp³-hybridized carbons (Fsp3) is 0.481. The minimum absolute atomic E-state index is 0.152. The molecule has 32 heavy (non-hydrogen) atoms. The van der Waals surface area contributed by atoms with Crippen LogP contribution >= 0.6 is 0 Å². The highest BCUT2D eigenvalue weighted by molar-refractivity contribution is 6.01. The van der Waals surface area contributed by atoms with Gasteiger partial charge in [0.1, 0.15) is 17.1 Å². The van der Waals surface area contributed by atoms with Crippen molar-refractivity contribution in [2.45, 2.75) is 64.9 Å². The lowest BCUT2D eigenvalue weighted by atomic mass is 9.81. The molecule has 0 N–H and O–H groups in total. The van der Waals surface area contributed by atoms with Crippen molar-refractivity contribution in [1.82, 2.24) is 4.90 Å². The maximum absolute atomic E-state index is 12.9. The SMILES string of the molecule is CCc1ccc(OCCCC(=O)N2CCC3(CC2)CC(=O)c2c(C)cc(C)cc2O3)cc1. The number of rotatable bonds is 6. The van der Waals surface area contributed by atoms with E-state index < -0.39 is 5.60 Å². The topological polar surface area (TPSA) is 55.8 Å². The zero-order valence-electron chi connectivity index (χ0n) is 19.4. The summed E-state index contributed by atoms with van der Waals surface area (Å²) in [4.78, 5) is 27.4. The van der Waals surface area contributed by atoms with Crippen LogP contribution in [0.25, 0.3) is 0 Å². The molecule has 0 aliphatic carbocycles. The summed E-state index contributed by atoms with van der Waals surface area (Å²) in [6.45, 7) is 7.91. The van der Waals surface area contributed by atoms with Gasteiger partial charge in [-0.2, -0.15) is 0 Å². The Balaban J connectivity index is 1.26. The van der Waals surface area contributed by atoms with Gasteiger partial charge in [0.2, 0.25) is 5.91 Å². The number of carbonyl (C=O) groups is 2. The van der Waals surface area contributed by atoms with Crippen molar-refractivity contribution in [2.24, 2.45) is 0 Å². The molecule has 0 unspecified atom stereocenters. The first-order valence-corrected chi connectivity index (χ1v) is 11.7. The fourth-order valence-corrected chi connectivity index (χ4v) is 4.85. The van der Waals surface area contributed by atoms with Gasteiger partial charge < -0.3 is 14.4 Å². The zero-order chi connectivity index (χ0) is 22.7. The van der Waals surface area contributed by atoms with Gasteiger partial charge in [-0.25, -0.2) is 0 Å². The van der Waals surface area contributed by atoms with Crippen LogP contribution in [0.5, 0.6) is 11.5 Å². The average Bonchev–Trinajstić information content (AvgIpc) is 2.76. The molecular weight excluding hydrogens is 402 g/mol. The van der Waals surface area contributed by atoms with Crippen molar-refractivity contribution in [1.29, 1.82) is 0 Å². The van der Waals surface area contributed by atoms with E-state index in [1.54, 1.807) is 0 Å². The van der Waals surface area contributed by atoms with E-state index in [-0.39, 0.29) is 11.7 Å². The summed E-state index contributed by atoms with van der Waals surface area (Å²) in [5, 5.41) is 0. The van der Waals surface area contributed by atoms with E-state index >= 15 is 0 Å². The van der Waals surface area contributed by atoms with Crippen molar-refractivity contribution < 1.29 is 19.1 Å². The van der Waals surface area contributed by atoms with Crippen molar-refractivity contribution in [3.8, 4) is 11.5 Å². The second-order valence-corrected chi connectivity index (χ2v) is 9.17. The lowest BCUT2D eigenvalue weighted by molar-refractivity contribution is -0.135. The van der Waals surface area contributed by atoms with E-state index in [0.29, 0.717) is 57.6 Å². The van der Waals surface area contributed by atoms with Gasteiger partial charge in [0.25, 0.3) is 0 Å². The van der Waals surface area contributed by atoms with Crippen molar-refractivity contribution in [3.05, 3.63) is 58.7 Å². The summed E-state index contributed by atoms with van der Waals surface area (Å²) in [5.41, 5.74) is 3.62. The number of benzene rings is 2. The molecule has 0 radical (unpaired) electrons. The smallest absolute Gasteiger partial charge is 0.222 e. The monoisotopic (exact) mass is 435 g/mol. The van der Waals surface area contributed by atoms with Crippen LogP contribution in [0.4, 0.5) is 0 Å². The third kappa shape index (κ3) is 4.82. The number of ketones is 1. The molecule has 0 bridgehead atoms. The summed E-state index contributed by atoms with van der Waals surface area (Å²) in [6, 6.07) is 12.1. The number of piperidine rings is 1. The maximum Gasteiger partial charge on any atom is 0.222 e. The van der Waals surface area contributed by atoms with Crippen LogP contribution in [0.3, 0.4) is 0 Å². The van der Waals surface area contributed by atoms with Gasteiger partial charge in [0.05, 0.1) is 18.6 Å². The number of amides is 1. The van der Waals surface area contributed by atoms with Gasteiger partial charge in [0, 0.05) is 32.4 Å². The van der Waals surface area contributed by atoms with Gasteiger partial charge in [-0.15, -0.1) is 0 Å². The normalized spacial score (nSPS) is 17.1. The third-order valence-electron chi connectivity index (χ3n) is 6.69. The van der Waals surface area contributed by atoms with Crippen LogP contribution in [0.1, 0.15) is 66.1 Å². The molecule has 2 aliphatic heterocycles. The molecule has 4 rings (SSSR count). The second-order valence-electron chi connectivity index (χ2n) is 9.17. The van der Waals surface area contributed by atoms with Gasteiger partial charge >= 0.3 is 0 Å². The molecule has 5 heteroatoms. The zero-order valence-corrected chi connectivity index (χ0v) is 19.4. The molecular formula is C27H33NO4. The Morgan fingerprint density at radius 3 is 2.53 bits per heavy atom. The number of fused-ring (bicyclic) bond motifs is 1. The van der Waals surface area contributed by atoms with Crippen LogP contribution < -0.4 is 9.47 Å². The number of Topliss-reactive ketones (excluding diaryl/α,β-unsaturated/α-hetero) is 1. The Kier molecular flexibility index (Phi) is 6.54. The van der Waals surface area contributed by atoms with Crippen LogP contribution in [-0.2, 0) is 11.2 Å². The van der Waals surface area contributed by atoms with Gasteiger partial charge in [-0.3, -0.25) is 9.59 Å². The third-order valence-corrected chi connectivity index (χ3v) is 6.69. The van der Waals surface area contributed by atoms with Gasteiger partial charge in [0.15, 0.2) is 5.78 Å². The van der Waals surface area contributed by atoms with Crippen molar-refractivity contribution in [3.63, 3.8) is 0 Å². The predicted molar refractivity (Wildman–Crippen MR) is 125 cm³/mol. The number of aryl methyl sites for hydroxylation is 3. The molecule has 0 saturated carbocycles.